The van der Waals surface area contributed by atoms with E-state index in [1.807, 2.05) is 44.2 Å². The molecule has 0 unspecified atom stereocenters. The zero-order chi connectivity index (χ0) is 19.4. The van der Waals surface area contributed by atoms with E-state index in [0.29, 0.717) is 27.3 Å². The van der Waals surface area contributed by atoms with Crippen LogP contribution in [-0.4, -0.2) is 17.5 Å². The molecule has 4 nitrogen and oxygen atoms in total. The number of nitrogens with zero attached hydrogens (tertiary/aromatic N) is 1. The summed E-state index contributed by atoms with van der Waals surface area (Å²) < 4.78 is 5.59. The fourth-order valence-electron chi connectivity index (χ4n) is 2.62. The Kier molecular flexibility index (Phi) is 6.37. The van der Waals surface area contributed by atoms with Gasteiger partial charge in [0.05, 0.1) is 0 Å². The lowest BCUT2D eigenvalue weighted by molar-refractivity contribution is -0.118. The quantitative estimate of drug-likeness (QED) is 0.558. The van der Waals surface area contributed by atoms with Gasteiger partial charge in [-0.15, -0.1) is 11.3 Å². The van der Waals surface area contributed by atoms with Crippen LogP contribution in [0.5, 0.6) is 5.75 Å². The van der Waals surface area contributed by atoms with Gasteiger partial charge >= 0.3 is 0 Å². The number of aromatic nitrogens is 1. The molecule has 1 heterocycles. The summed E-state index contributed by atoms with van der Waals surface area (Å²) >= 11 is 13.5. The Morgan fingerprint density at radius 1 is 1.15 bits per heavy atom. The molecule has 1 aromatic heterocycles. The molecule has 0 radical (unpaired) electrons. The number of nitrogens with one attached hydrogen (secondary N) is 1. The van der Waals surface area contributed by atoms with E-state index in [0.717, 1.165) is 21.6 Å². The molecule has 0 spiro atoms. The molecule has 3 aromatic rings. The predicted molar refractivity (Wildman–Crippen MR) is 111 cm³/mol. The second kappa shape index (κ2) is 8.74. The van der Waals surface area contributed by atoms with E-state index in [2.05, 4.69) is 10.3 Å². The molecule has 0 atom stereocenters. The molecule has 0 aliphatic heterocycles. The smallest absolute Gasteiger partial charge is 0.264 e. The predicted octanol–water partition coefficient (Wildman–Crippen LogP) is 5.68. The van der Waals surface area contributed by atoms with Gasteiger partial charge in [-0.05, 0) is 49.2 Å². The molecule has 3 rings (SSSR count). The maximum Gasteiger partial charge on any atom is 0.264 e. The van der Waals surface area contributed by atoms with Crippen molar-refractivity contribution in [3.8, 4) is 5.75 Å². The van der Waals surface area contributed by atoms with Gasteiger partial charge in [-0.25, -0.2) is 4.98 Å². The number of ether oxygens (including phenoxy) is 1. The highest BCUT2D eigenvalue weighted by atomic mass is 35.5. The van der Waals surface area contributed by atoms with Crippen LogP contribution in [0.3, 0.4) is 0 Å². The van der Waals surface area contributed by atoms with E-state index in [4.69, 9.17) is 27.9 Å². The number of benzene rings is 2. The average Bonchev–Trinajstić information content (AvgIpc) is 3.00. The van der Waals surface area contributed by atoms with Crippen molar-refractivity contribution in [2.75, 3.05) is 11.9 Å². The highest BCUT2D eigenvalue weighted by Gasteiger charge is 2.10. The number of thiazole rings is 1. The molecule has 1 N–H and O–H groups in total. The van der Waals surface area contributed by atoms with Crippen molar-refractivity contribution in [3.05, 3.63) is 74.2 Å². The van der Waals surface area contributed by atoms with Gasteiger partial charge in [-0.1, -0.05) is 40.9 Å². The van der Waals surface area contributed by atoms with Gasteiger partial charge in [-0.3, -0.25) is 10.1 Å². The summed E-state index contributed by atoms with van der Waals surface area (Å²) in [5.41, 5.74) is 3.15. The number of aryl methyl sites for hydroxylation is 2. The Morgan fingerprint density at radius 3 is 2.59 bits per heavy atom. The molecule has 1 amide bonds. The average molecular weight is 421 g/mol. The molecule has 0 aliphatic rings. The Balaban J connectivity index is 1.56. The molecule has 2 aromatic carbocycles. The number of rotatable bonds is 6. The van der Waals surface area contributed by atoms with Crippen LogP contribution in [0.15, 0.2) is 42.6 Å². The minimum absolute atomic E-state index is 0.0668. The van der Waals surface area contributed by atoms with Crippen LogP contribution >= 0.6 is 34.5 Å². The number of halogens is 2. The maximum atomic E-state index is 12.1. The molecule has 0 saturated carbocycles. The zero-order valence-corrected chi connectivity index (χ0v) is 17.2. The minimum atomic E-state index is -0.248. The number of hydrogen-bond acceptors (Lipinski definition) is 4. The summed E-state index contributed by atoms with van der Waals surface area (Å²) in [6.07, 6.45) is 2.38. The van der Waals surface area contributed by atoms with Crippen molar-refractivity contribution in [1.29, 1.82) is 0 Å². The van der Waals surface area contributed by atoms with Crippen molar-refractivity contribution in [2.45, 2.75) is 20.3 Å². The van der Waals surface area contributed by atoms with Crippen molar-refractivity contribution in [1.82, 2.24) is 4.98 Å². The third kappa shape index (κ3) is 5.70. The Labute approximate surface area is 172 Å². The molecule has 7 heteroatoms. The Morgan fingerprint density at radius 2 is 1.89 bits per heavy atom. The highest BCUT2D eigenvalue weighted by Crippen LogP contribution is 2.25. The summed E-state index contributed by atoms with van der Waals surface area (Å²) in [6, 6.07) is 11.3. The molecule has 0 bridgehead atoms. The fourth-order valence-corrected chi connectivity index (χ4v) is 4.06. The second-order valence-electron chi connectivity index (χ2n) is 6.19. The molecular weight excluding hydrogens is 403 g/mol. The minimum Gasteiger partial charge on any atom is -0.483 e. The van der Waals surface area contributed by atoms with Gasteiger partial charge < -0.3 is 4.74 Å². The lowest BCUT2D eigenvalue weighted by Gasteiger charge is -2.09. The summed E-state index contributed by atoms with van der Waals surface area (Å²) in [4.78, 5) is 17.4. The monoisotopic (exact) mass is 420 g/mol. The first-order valence-electron chi connectivity index (χ1n) is 8.28. The fraction of sp³-hybridized carbons (Fsp3) is 0.200. The zero-order valence-electron chi connectivity index (χ0n) is 14.9. The van der Waals surface area contributed by atoms with Crippen LogP contribution in [0.2, 0.25) is 10.0 Å². The normalized spacial score (nSPS) is 10.7. The topological polar surface area (TPSA) is 51.2 Å². The van der Waals surface area contributed by atoms with E-state index < -0.39 is 0 Å². The molecule has 27 heavy (non-hydrogen) atoms. The highest BCUT2D eigenvalue weighted by molar-refractivity contribution is 7.15. The SMILES string of the molecule is Cc1ccc(OCC(=O)Nc2ncc(Cc3cc(Cl)cc(Cl)c3)s2)c(C)c1. The maximum absolute atomic E-state index is 12.1. The first-order chi connectivity index (χ1) is 12.9. The number of carbonyl (C=O) groups excluding carboxylic acids is 1. The van der Waals surface area contributed by atoms with Crippen molar-refractivity contribution >= 4 is 45.6 Å². The van der Waals surface area contributed by atoms with Crippen LogP contribution < -0.4 is 10.1 Å². The van der Waals surface area contributed by atoms with Crippen LogP contribution in [0, 0.1) is 13.8 Å². The van der Waals surface area contributed by atoms with Crippen LogP contribution in [0.4, 0.5) is 5.13 Å². The van der Waals surface area contributed by atoms with Gasteiger partial charge in [0.25, 0.3) is 5.91 Å². The van der Waals surface area contributed by atoms with Gasteiger partial charge in [0.1, 0.15) is 5.75 Å². The van der Waals surface area contributed by atoms with Crippen LogP contribution in [0.25, 0.3) is 0 Å². The Bertz CT molecular complexity index is 952. The lowest BCUT2D eigenvalue weighted by atomic mass is 10.1. The number of hydrogen-bond donors (Lipinski definition) is 1. The van der Waals surface area contributed by atoms with E-state index >= 15 is 0 Å². The molecule has 0 fully saturated rings. The summed E-state index contributed by atoms with van der Waals surface area (Å²) in [7, 11) is 0. The van der Waals surface area contributed by atoms with Crippen molar-refractivity contribution < 1.29 is 9.53 Å². The van der Waals surface area contributed by atoms with Gasteiger partial charge in [0.2, 0.25) is 0 Å². The number of amides is 1. The summed E-state index contributed by atoms with van der Waals surface area (Å²) in [6.45, 7) is 3.90. The first-order valence-corrected chi connectivity index (χ1v) is 9.86. The van der Waals surface area contributed by atoms with E-state index in [1.165, 1.54) is 11.3 Å². The molecule has 0 aliphatic carbocycles. The van der Waals surface area contributed by atoms with Crippen molar-refractivity contribution in [2.24, 2.45) is 0 Å². The number of carbonyl (C=O) groups is 1. The third-order valence-electron chi connectivity index (χ3n) is 3.79. The summed E-state index contributed by atoms with van der Waals surface area (Å²) in [5.74, 6) is 0.454. The van der Waals surface area contributed by atoms with Crippen LogP contribution in [0.1, 0.15) is 21.6 Å². The number of anilines is 1. The second-order valence-corrected chi connectivity index (χ2v) is 8.18. The van der Waals surface area contributed by atoms with E-state index in [-0.39, 0.29) is 12.5 Å². The Hall–Kier alpha value is -2.08. The largest absolute Gasteiger partial charge is 0.483 e. The third-order valence-corrected chi connectivity index (χ3v) is 5.14. The van der Waals surface area contributed by atoms with E-state index in [1.54, 1.807) is 12.3 Å². The molecule has 0 saturated heterocycles. The van der Waals surface area contributed by atoms with Gasteiger partial charge in [0, 0.05) is 27.5 Å². The standard InChI is InChI=1S/C20H18Cl2N2O2S/c1-12-3-4-18(13(2)5-12)26-11-19(25)24-20-23-10-17(27-20)8-14-6-15(21)9-16(22)7-14/h3-7,9-10H,8,11H2,1-2H3,(H,23,24,25). The molecule has 140 valence electrons. The summed E-state index contributed by atoms with van der Waals surface area (Å²) in [5, 5.41) is 4.49. The lowest BCUT2D eigenvalue weighted by Crippen LogP contribution is -2.20. The van der Waals surface area contributed by atoms with E-state index in [9.17, 15) is 4.79 Å². The first kappa shape index (κ1) is 19.7. The van der Waals surface area contributed by atoms with Gasteiger partial charge in [-0.2, -0.15) is 0 Å². The van der Waals surface area contributed by atoms with Crippen LogP contribution in [-0.2, 0) is 11.2 Å². The van der Waals surface area contributed by atoms with Crippen molar-refractivity contribution in [3.63, 3.8) is 0 Å². The molecular formula is C20H18Cl2N2O2S. The van der Waals surface area contributed by atoms with Gasteiger partial charge in [0.15, 0.2) is 11.7 Å².